The lowest BCUT2D eigenvalue weighted by Crippen LogP contribution is -2.24. The van der Waals surface area contributed by atoms with Crippen molar-refractivity contribution in [2.75, 3.05) is 0 Å². The fourth-order valence-electron chi connectivity index (χ4n) is 4.59. The highest BCUT2D eigenvalue weighted by molar-refractivity contribution is 6.23. The van der Waals surface area contributed by atoms with E-state index >= 15 is 0 Å². The summed E-state index contributed by atoms with van der Waals surface area (Å²) in [4.78, 5) is -0.0292. The number of unbranched alkanes of at least 4 members (excludes halogenated alkanes) is 18. The van der Waals surface area contributed by atoms with Gasteiger partial charge in [-0.25, -0.2) is 0 Å². The Morgan fingerprint density at radius 2 is 0.690 bits per heavy atom. The van der Waals surface area contributed by atoms with Gasteiger partial charge in [0.05, 0.1) is 0 Å². The first kappa shape index (κ1) is 29.3. The van der Waals surface area contributed by atoms with Crippen molar-refractivity contribution in [1.82, 2.24) is 0 Å². The van der Waals surface area contributed by atoms with Gasteiger partial charge >= 0.3 is 0 Å². The van der Waals surface area contributed by atoms with E-state index in [9.17, 15) is 0 Å². The van der Waals surface area contributed by atoms with Crippen LogP contribution in [-0.2, 0) is 0 Å². The van der Waals surface area contributed by atoms with Gasteiger partial charge in [0.2, 0.25) is 0 Å². The van der Waals surface area contributed by atoms with E-state index in [0.29, 0.717) is 5.92 Å². The third-order valence-corrected chi connectivity index (χ3v) is 7.09. The summed E-state index contributed by atoms with van der Waals surface area (Å²) in [6.07, 6.45) is 31.2. The molecule has 1 heteroatoms. The van der Waals surface area contributed by atoms with Gasteiger partial charge in [0.15, 0.2) is 0 Å². The summed E-state index contributed by atoms with van der Waals surface area (Å²) in [5, 5.41) is 0. The molecule has 0 saturated carbocycles. The van der Waals surface area contributed by atoms with E-state index in [2.05, 4.69) is 27.7 Å². The molecular weight excluding hydrogens is 372 g/mol. The summed E-state index contributed by atoms with van der Waals surface area (Å²) in [7, 11) is 0. The van der Waals surface area contributed by atoms with Crippen LogP contribution in [0.3, 0.4) is 0 Å². The van der Waals surface area contributed by atoms with Crippen LogP contribution in [0.4, 0.5) is 0 Å². The SMILES string of the molecule is CCCCCCCCCCCCC(CCCCCCCCCCCC)C(C)(C)Cl. The Bertz CT molecular complexity index is 280. The zero-order valence-corrected chi connectivity index (χ0v) is 21.8. The van der Waals surface area contributed by atoms with E-state index < -0.39 is 0 Å². The molecule has 0 nitrogen and oxygen atoms in total. The second kappa shape index (κ2) is 21.5. The molecule has 0 heterocycles. The Morgan fingerprint density at radius 1 is 0.448 bits per heavy atom. The van der Waals surface area contributed by atoms with Crippen molar-refractivity contribution >= 4 is 11.6 Å². The van der Waals surface area contributed by atoms with Crippen molar-refractivity contribution in [2.45, 2.75) is 174 Å². The van der Waals surface area contributed by atoms with Crippen molar-refractivity contribution in [3.05, 3.63) is 0 Å². The molecule has 0 aliphatic heterocycles. The molecule has 29 heavy (non-hydrogen) atoms. The second-order valence-electron chi connectivity index (χ2n) is 10.2. The summed E-state index contributed by atoms with van der Waals surface area (Å²) in [6.45, 7) is 9.08. The highest BCUT2D eigenvalue weighted by Gasteiger charge is 2.25. The number of rotatable bonds is 23. The highest BCUT2D eigenvalue weighted by Crippen LogP contribution is 2.33. The van der Waals surface area contributed by atoms with E-state index in [-0.39, 0.29) is 4.87 Å². The van der Waals surface area contributed by atoms with Crippen LogP contribution in [0.25, 0.3) is 0 Å². The molecule has 0 atom stereocenters. The van der Waals surface area contributed by atoms with Gasteiger partial charge < -0.3 is 0 Å². The van der Waals surface area contributed by atoms with Gasteiger partial charge in [-0.15, -0.1) is 11.6 Å². The van der Waals surface area contributed by atoms with Crippen molar-refractivity contribution < 1.29 is 0 Å². The van der Waals surface area contributed by atoms with Crippen LogP contribution in [-0.4, -0.2) is 4.87 Å². The maximum Gasteiger partial charge on any atom is 0.0418 e. The Morgan fingerprint density at radius 3 is 0.931 bits per heavy atom. The Hall–Kier alpha value is 0.290. The largest absolute Gasteiger partial charge is 0.120 e. The number of halogens is 1. The van der Waals surface area contributed by atoms with Crippen LogP contribution in [0, 0.1) is 5.92 Å². The molecule has 0 amide bonds. The molecule has 176 valence electrons. The molecule has 0 aliphatic carbocycles. The van der Waals surface area contributed by atoms with Crippen molar-refractivity contribution in [3.63, 3.8) is 0 Å². The molecule has 0 N–H and O–H groups in total. The van der Waals surface area contributed by atoms with Crippen molar-refractivity contribution in [2.24, 2.45) is 5.92 Å². The van der Waals surface area contributed by atoms with Crippen LogP contribution < -0.4 is 0 Å². The summed E-state index contributed by atoms with van der Waals surface area (Å²) >= 11 is 6.75. The second-order valence-corrected chi connectivity index (χ2v) is 11.2. The third-order valence-electron chi connectivity index (χ3n) is 6.78. The fraction of sp³-hybridized carbons (Fsp3) is 1.00. The summed E-state index contributed by atoms with van der Waals surface area (Å²) in [5.41, 5.74) is 0. The molecule has 0 bridgehead atoms. The Balaban J connectivity index is 3.61. The van der Waals surface area contributed by atoms with Crippen LogP contribution in [0.5, 0.6) is 0 Å². The van der Waals surface area contributed by atoms with Crippen LogP contribution >= 0.6 is 11.6 Å². The van der Waals surface area contributed by atoms with Gasteiger partial charge in [-0.2, -0.15) is 0 Å². The smallest absolute Gasteiger partial charge is 0.0418 e. The van der Waals surface area contributed by atoms with E-state index in [4.69, 9.17) is 11.6 Å². The lowest BCUT2D eigenvalue weighted by Gasteiger charge is -2.28. The molecule has 0 aromatic rings. The van der Waals surface area contributed by atoms with E-state index in [1.807, 2.05) is 0 Å². The summed E-state index contributed by atoms with van der Waals surface area (Å²) < 4.78 is 0. The molecule has 0 aromatic carbocycles. The van der Waals surface area contributed by atoms with Crippen molar-refractivity contribution in [1.29, 1.82) is 0 Å². The first-order valence-corrected chi connectivity index (χ1v) is 14.1. The van der Waals surface area contributed by atoms with Gasteiger partial charge in [0.1, 0.15) is 0 Å². The summed E-state index contributed by atoms with van der Waals surface area (Å²) in [5.74, 6) is 0.701. The Kier molecular flexibility index (Phi) is 21.7. The molecule has 0 rings (SSSR count). The molecular formula is C28H57Cl. The highest BCUT2D eigenvalue weighted by atomic mass is 35.5. The number of alkyl halides is 1. The van der Waals surface area contributed by atoms with E-state index in [1.54, 1.807) is 0 Å². The lowest BCUT2D eigenvalue weighted by molar-refractivity contribution is 0.334. The Labute approximate surface area is 191 Å². The minimum absolute atomic E-state index is 0.0292. The first-order valence-electron chi connectivity index (χ1n) is 13.7. The molecule has 0 aliphatic rings. The number of hydrogen-bond donors (Lipinski definition) is 0. The van der Waals surface area contributed by atoms with Crippen LogP contribution in [0.1, 0.15) is 169 Å². The van der Waals surface area contributed by atoms with E-state index in [0.717, 1.165) is 0 Å². The zero-order valence-electron chi connectivity index (χ0n) is 21.0. The summed E-state index contributed by atoms with van der Waals surface area (Å²) in [6, 6.07) is 0. The molecule has 0 fully saturated rings. The predicted molar refractivity (Wildman–Crippen MR) is 136 cm³/mol. The standard InChI is InChI=1S/C28H57Cl/c1-5-7-9-11-13-15-17-19-21-23-25-27(28(3,4)29)26-24-22-20-18-16-14-12-10-8-6-2/h27H,5-26H2,1-4H3. The van der Waals surface area contributed by atoms with Crippen molar-refractivity contribution in [3.8, 4) is 0 Å². The zero-order chi connectivity index (χ0) is 21.6. The first-order chi connectivity index (χ1) is 14.0. The molecule has 0 aromatic heterocycles. The third kappa shape index (κ3) is 21.3. The molecule has 0 radical (unpaired) electrons. The maximum absolute atomic E-state index is 6.75. The van der Waals surface area contributed by atoms with Crippen LogP contribution in [0.2, 0.25) is 0 Å². The molecule has 0 unspecified atom stereocenters. The minimum Gasteiger partial charge on any atom is -0.120 e. The van der Waals surface area contributed by atoms with Gasteiger partial charge in [0.25, 0.3) is 0 Å². The normalized spacial score (nSPS) is 12.2. The lowest BCUT2D eigenvalue weighted by atomic mass is 9.85. The van der Waals surface area contributed by atoms with Crippen LogP contribution in [0.15, 0.2) is 0 Å². The van der Waals surface area contributed by atoms with Gasteiger partial charge in [-0.1, -0.05) is 142 Å². The predicted octanol–water partition coefficient (Wildman–Crippen LogP) is 11.2. The van der Waals surface area contributed by atoms with Gasteiger partial charge in [-0.05, 0) is 32.6 Å². The maximum atomic E-state index is 6.75. The minimum atomic E-state index is -0.0292. The topological polar surface area (TPSA) is 0 Å². The van der Waals surface area contributed by atoms with E-state index in [1.165, 1.54) is 141 Å². The molecule has 0 saturated heterocycles. The van der Waals surface area contributed by atoms with Gasteiger partial charge in [0, 0.05) is 4.87 Å². The average Bonchev–Trinajstić information content (AvgIpc) is 2.68. The average molecular weight is 429 g/mol. The number of hydrogen-bond acceptors (Lipinski definition) is 0. The monoisotopic (exact) mass is 428 g/mol. The molecule has 0 spiro atoms. The quantitative estimate of drug-likeness (QED) is 0.112. The fourth-order valence-corrected chi connectivity index (χ4v) is 4.81. The van der Waals surface area contributed by atoms with Gasteiger partial charge in [-0.3, -0.25) is 0 Å².